The summed E-state index contributed by atoms with van der Waals surface area (Å²) in [6.45, 7) is 12.8. The average molecular weight is 391 g/mol. The smallest absolute Gasteiger partial charge is 0.293 e. The molecule has 1 fully saturated rings. The first-order valence-corrected chi connectivity index (χ1v) is 12.4. The van der Waals surface area contributed by atoms with Crippen LogP contribution in [0.5, 0.6) is 0 Å². The Bertz CT molecular complexity index is 848. The van der Waals surface area contributed by atoms with Crippen molar-refractivity contribution in [3.8, 4) is 0 Å². The first-order chi connectivity index (χ1) is 12.5. The minimum absolute atomic E-state index is 0.152. The number of nitro benzene ring substituents is 1. The summed E-state index contributed by atoms with van der Waals surface area (Å²) in [6, 6.07) is 3.48. The van der Waals surface area contributed by atoms with Gasteiger partial charge in [-0.3, -0.25) is 14.8 Å². The summed E-state index contributed by atoms with van der Waals surface area (Å²) < 4.78 is 8.23. The van der Waals surface area contributed by atoms with Gasteiger partial charge in [0.05, 0.1) is 10.4 Å². The summed E-state index contributed by atoms with van der Waals surface area (Å²) in [4.78, 5) is 13.4. The zero-order valence-electron chi connectivity index (χ0n) is 17.2. The van der Waals surface area contributed by atoms with Crippen LogP contribution in [0.4, 0.5) is 11.4 Å². The molecule has 0 saturated carbocycles. The third kappa shape index (κ3) is 4.01. The van der Waals surface area contributed by atoms with Crippen molar-refractivity contribution in [3.63, 3.8) is 0 Å². The van der Waals surface area contributed by atoms with Crippen LogP contribution in [0.25, 0.3) is 10.9 Å². The molecule has 0 bridgehead atoms. The van der Waals surface area contributed by atoms with Crippen molar-refractivity contribution in [1.29, 1.82) is 0 Å². The fourth-order valence-electron chi connectivity index (χ4n) is 3.38. The minimum Gasteiger partial charge on any atom is -0.414 e. The first-order valence-electron chi connectivity index (χ1n) is 9.52. The maximum absolute atomic E-state index is 11.6. The first kappa shape index (κ1) is 19.8. The van der Waals surface area contributed by atoms with Crippen LogP contribution in [0.2, 0.25) is 18.1 Å². The molecule has 0 aliphatic carbocycles. The van der Waals surface area contributed by atoms with Gasteiger partial charge in [-0.2, -0.15) is 5.10 Å². The van der Waals surface area contributed by atoms with Crippen LogP contribution in [-0.4, -0.2) is 42.2 Å². The molecule has 0 radical (unpaired) electrons. The molecule has 1 aromatic heterocycles. The van der Waals surface area contributed by atoms with Crippen LogP contribution in [-0.2, 0) is 11.5 Å². The van der Waals surface area contributed by atoms with Gasteiger partial charge in [0.2, 0.25) is 0 Å². The fourth-order valence-corrected chi connectivity index (χ4v) is 4.80. The topological polar surface area (TPSA) is 73.4 Å². The van der Waals surface area contributed by atoms with Crippen LogP contribution in [0.3, 0.4) is 0 Å². The molecule has 0 atom stereocenters. The molecule has 148 valence electrons. The Balaban J connectivity index is 1.78. The summed E-state index contributed by atoms with van der Waals surface area (Å²) in [5.74, 6) is 0. The minimum atomic E-state index is -1.80. The van der Waals surface area contributed by atoms with Crippen molar-refractivity contribution >= 4 is 30.6 Å². The monoisotopic (exact) mass is 390 g/mol. The molecule has 7 nitrogen and oxygen atoms in total. The Morgan fingerprint density at radius 2 is 1.89 bits per heavy atom. The van der Waals surface area contributed by atoms with E-state index in [2.05, 4.69) is 43.9 Å². The number of aromatic nitrogens is 2. The van der Waals surface area contributed by atoms with Crippen LogP contribution in [0, 0.1) is 10.1 Å². The second-order valence-corrected chi connectivity index (χ2v) is 13.8. The third-order valence-electron chi connectivity index (χ3n) is 5.96. The lowest BCUT2D eigenvalue weighted by atomic mass is 10.1. The van der Waals surface area contributed by atoms with E-state index in [1.807, 2.05) is 19.3 Å². The van der Waals surface area contributed by atoms with E-state index in [-0.39, 0.29) is 21.8 Å². The molecule has 0 amide bonds. The lowest BCUT2D eigenvalue weighted by Gasteiger charge is -2.42. The fraction of sp³-hybridized carbons (Fsp3) is 0.632. The largest absolute Gasteiger partial charge is 0.414 e. The van der Waals surface area contributed by atoms with Gasteiger partial charge in [-0.05, 0) is 37.0 Å². The van der Waals surface area contributed by atoms with E-state index in [0.29, 0.717) is 5.69 Å². The normalized spacial score (nSPS) is 16.9. The maximum Gasteiger partial charge on any atom is 0.293 e. The molecular formula is C19H30N4O3Si. The van der Waals surface area contributed by atoms with Gasteiger partial charge in [0.1, 0.15) is 5.69 Å². The molecule has 0 unspecified atom stereocenters. The van der Waals surface area contributed by atoms with Crippen molar-refractivity contribution in [2.45, 2.75) is 57.8 Å². The second-order valence-electron chi connectivity index (χ2n) is 9.02. The Morgan fingerprint density at radius 1 is 1.26 bits per heavy atom. The summed E-state index contributed by atoms with van der Waals surface area (Å²) in [5.41, 5.74) is 1.61. The van der Waals surface area contributed by atoms with Gasteiger partial charge >= 0.3 is 0 Å². The molecule has 1 aromatic carbocycles. The van der Waals surface area contributed by atoms with Crippen LogP contribution < -0.4 is 4.90 Å². The van der Waals surface area contributed by atoms with Gasteiger partial charge < -0.3 is 9.33 Å². The van der Waals surface area contributed by atoms with Gasteiger partial charge in [-0.25, -0.2) is 0 Å². The highest BCUT2D eigenvalue weighted by molar-refractivity contribution is 6.74. The number of rotatable bonds is 4. The van der Waals surface area contributed by atoms with E-state index >= 15 is 0 Å². The van der Waals surface area contributed by atoms with E-state index in [4.69, 9.17) is 4.43 Å². The molecule has 2 heterocycles. The highest BCUT2D eigenvalue weighted by Gasteiger charge is 2.40. The van der Waals surface area contributed by atoms with E-state index in [1.165, 1.54) is 0 Å². The number of hydrogen-bond acceptors (Lipinski definition) is 5. The predicted octanol–water partition coefficient (Wildman–Crippen LogP) is 4.47. The Labute approximate surface area is 161 Å². The number of hydrogen-bond donors (Lipinski definition) is 0. The standard InChI is InChI=1S/C19H30N4O3Si/c1-19(2,3)27(5,6)26-15-7-9-22(10-8-15)17-12-16-14(13-21(4)20-16)11-18(17)23(24)25/h11-13,15H,7-10H2,1-6H3. The molecule has 1 saturated heterocycles. The number of nitro groups is 1. The van der Waals surface area contributed by atoms with Gasteiger partial charge in [0, 0.05) is 43.9 Å². The van der Waals surface area contributed by atoms with Gasteiger partial charge in [-0.15, -0.1) is 0 Å². The summed E-state index contributed by atoms with van der Waals surface area (Å²) in [6.07, 6.45) is 3.83. The molecule has 1 aliphatic rings. The van der Waals surface area contributed by atoms with Crippen LogP contribution in [0.1, 0.15) is 33.6 Å². The van der Waals surface area contributed by atoms with Crippen molar-refractivity contribution in [1.82, 2.24) is 9.78 Å². The second kappa shape index (κ2) is 6.90. The molecule has 27 heavy (non-hydrogen) atoms. The number of benzene rings is 1. The van der Waals surface area contributed by atoms with Crippen molar-refractivity contribution < 1.29 is 9.35 Å². The summed E-state index contributed by atoms with van der Waals surface area (Å²) in [5, 5.41) is 17.0. The number of anilines is 1. The zero-order chi connectivity index (χ0) is 20.0. The van der Waals surface area contributed by atoms with E-state index in [9.17, 15) is 10.1 Å². The lowest BCUT2D eigenvalue weighted by Crippen LogP contribution is -2.47. The number of fused-ring (bicyclic) bond motifs is 1. The molecular weight excluding hydrogens is 360 g/mol. The number of aryl methyl sites for hydroxylation is 1. The number of nitrogens with zero attached hydrogens (tertiary/aromatic N) is 4. The van der Waals surface area contributed by atoms with E-state index < -0.39 is 8.32 Å². The maximum atomic E-state index is 11.6. The van der Waals surface area contributed by atoms with Crippen LogP contribution >= 0.6 is 0 Å². The Hall–Kier alpha value is -1.93. The Morgan fingerprint density at radius 3 is 2.44 bits per heavy atom. The molecule has 2 aromatic rings. The lowest BCUT2D eigenvalue weighted by molar-refractivity contribution is -0.384. The average Bonchev–Trinajstić information content (AvgIpc) is 2.92. The van der Waals surface area contributed by atoms with Crippen LogP contribution in [0.15, 0.2) is 18.3 Å². The third-order valence-corrected chi connectivity index (χ3v) is 10.5. The molecule has 0 spiro atoms. The molecule has 3 rings (SSSR count). The van der Waals surface area contributed by atoms with Crippen molar-refractivity contribution in [2.75, 3.05) is 18.0 Å². The van der Waals surface area contributed by atoms with Gasteiger partial charge in [0.15, 0.2) is 8.32 Å². The van der Waals surface area contributed by atoms with E-state index in [1.54, 1.807) is 10.7 Å². The van der Waals surface area contributed by atoms with Gasteiger partial charge in [-0.1, -0.05) is 20.8 Å². The van der Waals surface area contributed by atoms with Crippen molar-refractivity contribution in [2.24, 2.45) is 7.05 Å². The Kier molecular flexibility index (Phi) is 5.07. The number of piperidine rings is 1. The predicted molar refractivity (Wildman–Crippen MR) is 111 cm³/mol. The SMILES string of the molecule is Cn1cc2cc([N+](=O)[O-])c(N3CCC(O[Si](C)(C)C(C)(C)C)CC3)cc2n1. The highest BCUT2D eigenvalue weighted by Crippen LogP contribution is 2.39. The van der Waals surface area contributed by atoms with Crippen molar-refractivity contribution in [3.05, 3.63) is 28.4 Å². The summed E-state index contributed by atoms with van der Waals surface area (Å²) >= 11 is 0. The molecule has 0 N–H and O–H groups in total. The highest BCUT2D eigenvalue weighted by atomic mass is 28.4. The quantitative estimate of drug-likeness (QED) is 0.437. The summed E-state index contributed by atoms with van der Waals surface area (Å²) in [7, 11) is 0.0332. The van der Waals surface area contributed by atoms with E-state index in [0.717, 1.165) is 36.8 Å². The zero-order valence-corrected chi connectivity index (χ0v) is 18.2. The van der Waals surface area contributed by atoms with Gasteiger partial charge in [0.25, 0.3) is 5.69 Å². The molecule has 1 aliphatic heterocycles. The molecule has 8 heteroatoms.